The summed E-state index contributed by atoms with van der Waals surface area (Å²) < 4.78 is 10.3. The van der Waals surface area contributed by atoms with Crippen molar-refractivity contribution < 1.29 is 8.83 Å². The molecular formula is C13H10BrNO3. The fourth-order valence-electron chi connectivity index (χ4n) is 1.96. The molecule has 1 atom stereocenters. The number of rotatable bonds is 2. The fraction of sp³-hybridized carbons (Fsp3) is 0.154. The molecule has 0 fully saturated rings. The van der Waals surface area contributed by atoms with Gasteiger partial charge in [0.05, 0.1) is 16.6 Å². The second kappa shape index (κ2) is 4.17. The number of furan rings is 1. The Labute approximate surface area is 111 Å². The van der Waals surface area contributed by atoms with Crippen LogP contribution in [-0.4, -0.2) is 4.98 Å². The number of nitrogens with one attached hydrogen (secondary N) is 1. The van der Waals surface area contributed by atoms with E-state index < -0.39 is 5.76 Å². The van der Waals surface area contributed by atoms with Gasteiger partial charge in [0.2, 0.25) is 0 Å². The zero-order chi connectivity index (χ0) is 12.7. The number of aryl methyl sites for hydroxylation is 1. The zero-order valence-electron chi connectivity index (χ0n) is 9.57. The highest BCUT2D eigenvalue weighted by Gasteiger charge is 2.16. The number of alkyl halides is 1. The quantitative estimate of drug-likeness (QED) is 0.737. The van der Waals surface area contributed by atoms with Gasteiger partial charge in [-0.1, -0.05) is 22.0 Å². The normalized spacial score (nSPS) is 13.0. The molecule has 2 aromatic heterocycles. The standard InChI is InChI=1S/C13H10BrNO3/c1-7-9(4-5-17-7)12(14)8-2-3-10-11(6-8)18-13(16)15-10/h2-6,12H,1H3,(H,15,16). The van der Waals surface area contributed by atoms with Gasteiger partial charge >= 0.3 is 5.76 Å². The van der Waals surface area contributed by atoms with Crippen LogP contribution in [0.2, 0.25) is 0 Å². The van der Waals surface area contributed by atoms with E-state index in [-0.39, 0.29) is 4.83 Å². The fourth-order valence-corrected chi connectivity index (χ4v) is 2.72. The van der Waals surface area contributed by atoms with Crippen LogP contribution in [0.1, 0.15) is 21.7 Å². The Morgan fingerprint density at radius 1 is 1.33 bits per heavy atom. The van der Waals surface area contributed by atoms with Crippen LogP contribution in [0.3, 0.4) is 0 Å². The number of benzene rings is 1. The van der Waals surface area contributed by atoms with Crippen LogP contribution in [-0.2, 0) is 0 Å². The van der Waals surface area contributed by atoms with Gasteiger partial charge in [-0.3, -0.25) is 4.98 Å². The Morgan fingerprint density at radius 3 is 2.89 bits per heavy atom. The summed E-state index contributed by atoms with van der Waals surface area (Å²) >= 11 is 3.63. The molecule has 3 aromatic rings. The van der Waals surface area contributed by atoms with Crippen molar-refractivity contribution in [2.24, 2.45) is 0 Å². The van der Waals surface area contributed by atoms with Crippen molar-refractivity contribution in [2.75, 3.05) is 0 Å². The maximum Gasteiger partial charge on any atom is 0.417 e. The van der Waals surface area contributed by atoms with E-state index in [1.54, 1.807) is 6.26 Å². The highest BCUT2D eigenvalue weighted by atomic mass is 79.9. The molecule has 0 radical (unpaired) electrons. The lowest BCUT2D eigenvalue weighted by molar-refractivity contribution is 0.530. The molecule has 0 bridgehead atoms. The minimum atomic E-state index is -0.437. The third kappa shape index (κ3) is 1.80. The van der Waals surface area contributed by atoms with Gasteiger partial charge in [-0.2, -0.15) is 0 Å². The minimum absolute atomic E-state index is 0.0147. The zero-order valence-corrected chi connectivity index (χ0v) is 11.2. The molecule has 0 aliphatic carbocycles. The van der Waals surface area contributed by atoms with Crippen LogP contribution in [0.25, 0.3) is 11.1 Å². The molecule has 3 rings (SSSR count). The molecule has 0 aliphatic rings. The van der Waals surface area contributed by atoms with Crippen LogP contribution >= 0.6 is 15.9 Å². The van der Waals surface area contributed by atoms with Gasteiger partial charge in [0.25, 0.3) is 0 Å². The molecule has 5 heteroatoms. The molecule has 0 spiro atoms. The summed E-state index contributed by atoms with van der Waals surface area (Å²) in [4.78, 5) is 13.7. The van der Waals surface area contributed by atoms with Gasteiger partial charge in [-0.25, -0.2) is 4.79 Å². The van der Waals surface area contributed by atoms with E-state index in [2.05, 4.69) is 20.9 Å². The summed E-state index contributed by atoms with van der Waals surface area (Å²) in [7, 11) is 0. The maximum atomic E-state index is 11.1. The van der Waals surface area contributed by atoms with Crippen molar-refractivity contribution in [3.8, 4) is 0 Å². The summed E-state index contributed by atoms with van der Waals surface area (Å²) in [6.45, 7) is 1.92. The number of H-pyrrole nitrogens is 1. The smallest absolute Gasteiger partial charge is 0.417 e. The third-order valence-electron chi connectivity index (χ3n) is 2.91. The van der Waals surface area contributed by atoms with Crippen LogP contribution < -0.4 is 5.76 Å². The molecule has 92 valence electrons. The average Bonchev–Trinajstić information content (AvgIpc) is 2.91. The van der Waals surface area contributed by atoms with E-state index >= 15 is 0 Å². The third-order valence-corrected chi connectivity index (χ3v) is 3.93. The number of oxazole rings is 1. The number of aromatic amines is 1. The van der Waals surface area contributed by atoms with E-state index in [0.29, 0.717) is 11.1 Å². The van der Waals surface area contributed by atoms with E-state index in [0.717, 1.165) is 16.9 Å². The van der Waals surface area contributed by atoms with Gasteiger partial charge < -0.3 is 8.83 Å². The number of aromatic nitrogens is 1. The highest BCUT2D eigenvalue weighted by Crippen LogP contribution is 2.34. The van der Waals surface area contributed by atoms with Crippen molar-refractivity contribution in [3.05, 3.63) is 58.0 Å². The molecule has 18 heavy (non-hydrogen) atoms. The van der Waals surface area contributed by atoms with Crippen molar-refractivity contribution in [3.63, 3.8) is 0 Å². The number of hydrogen-bond donors (Lipinski definition) is 1. The Bertz CT molecular complexity index is 753. The first-order chi connectivity index (χ1) is 8.65. The first-order valence-electron chi connectivity index (χ1n) is 5.46. The van der Waals surface area contributed by atoms with Gasteiger partial charge in [0.1, 0.15) is 5.76 Å². The molecule has 0 aliphatic heterocycles. The summed E-state index contributed by atoms with van der Waals surface area (Å²) in [5, 5.41) is 0. The van der Waals surface area contributed by atoms with Crippen molar-refractivity contribution in [2.45, 2.75) is 11.8 Å². The van der Waals surface area contributed by atoms with Gasteiger partial charge in [-0.15, -0.1) is 0 Å². The van der Waals surface area contributed by atoms with Gasteiger partial charge in [0, 0.05) is 5.56 Å². The summed E-state index contributed by atoms with van der Waals surface area (Å²) in [6.07, 6.45) is 1.66. The molecular weight excluding hydrogens is 298 g/mol. The van der Waals surface area contributed by atoms with E-state index in [4.69, 9.17) is 8.83 Å². The van der Waals surface area contributed by atoms with Crippen LogP contribution in [0.4, 0.5) is 0 Å². The molecule has 1 unspecified atom stereocenters. The van der Waals surface area contributed by atoms with Gasteiger partial charge in [-0.05, 0) is 30.7 Å². The summed E-state index contributed by atoms with van der Waals surface area (Å²) in [6, 6.07) is 7.55. The number of hydrogen-bond acceptors (Lipinski definition) is 3. The Balaban J connectivity index is 2.09. The predicted octanol–water partition coefficient (Wildman–Crippen LogP) is 3.51. The first kappa shape index (κ1) is 11.3. The molecule has 0 amide bonds. The van der Waals surface area contributed by atoms with Crippen LogP contribution in [0.5, 0.6) is 0 Å². The summed E-state index contributed by atoms with van der Waals surface area (Å²) in [5.41, 5.74) is 3.33. The number of halogens is 1. The van der Waals surface area contributed by atoms with Crippen LogP contribution in [0.15, 0.2) is 44.2 Å². The molecule has 1 aromatic carbocycles. The molecule has 4 nitrogen and oxygen atoms in total. The SMILES string of the molecule is Cc1occc1C(Br)c1ccc2[nH]c(=O)oc2c1. The predicted molar refractivity (Wildman–Crippen MR) is 71.0 cm³/mol. The minimum Gasteiger partial charge on any atom is -0.469 e. The Morgan fingerprint density at radius 2 is 2.17 bits per heavy atom. The van der Waals surface area contributed by atoms with Crippen molar-refractivity contribution in [1.29, 1.82) is 0 Å². The maximum absolute atomic E-state index is 11.1. The summed E-state index contributed by atoms with van der Waals surface area (Å²) in [5.74, 6) is 0.431. The van der Waals surface area contributed by atoms with Crippen LogP contribution in [0, 0.1) is 6.92 Å². The van der Waals surface area contributed by atoms with E-state index in [9.17, 15) is 4.79 Å². The van der Waals surface area contributed by atoms with E-state index in [1.165, 1.54) is 0 Å². The monoisotopic (exact) mass is 307 g/mol. The first-order valence-corrected chi connectivity index (χ1v) is 6.37. The second-order valence-corrected chi connectivity index (χ2v) is 4.98. The average molecular weight is 308 g/mol. The number of fused-ring (bicyclic) bond motifs is 1. The van der Waals surface area contributed by atoms with Crippen molar-refractivity contribution >= 4 is 27.0 Å². The Kier molecular flexibility index (Phi) is 2.63. The Hall–Kier alpha value is -1.75. The molecule has 2 heterocycles. The topological polar surface area (TPSA) is 59.1 Å². The lowest BCUT2D eigenvalue weighted by Gasteiger charge is -2.08. The van der Waals surface area contributed by atoms with E-state index in [1.807, 2.05) is 31.2 Å². The molecule has 0 saturated carbocycles. The van der Waals surface area contributed by atoms with Crippen molar-refractivity contribution in [1.82, 2.24) is 4.98 Å². The lowest BCUT2D eigenvalue weighted by Crippen LogP contribution is -1.93. The largest absolute Gasteiger partial charge is 0.469 e. The lowest BCUT2D eigenvalue weighted by atomic mass is 10.1. The second-order valence-electron chi connectivity index (χ2n) is 4.06. The highest BCUT2D eigenvalue weighted by molar-refractivity contribution is 9.09. The molecule has 0 saturated heterocycles. The molecule has 1 N–H and O–H groups in total. The van der Waals surface area contributed by atoms with Gasteiger partial charge in [0.15, 0.2) is 5.58 Å².